The molecule has 0 unspecified atom stereocenters. The van der Waals surface area contributed by atoms with Crippen molar-refractivity contribution in [1.82, 2.24) is 0 Å². The molecule has 1 rings (SSSR count). The largest absolute Gasteiger partial charge is 0.481 e. The van der Waals surface area contributed by atoms with Crippen molar-refractivity contribution in [2.75, 3.05) is 0 Å². The Morgan fingerprint density at radius 1 is 1.53 bits per heavy atom. The van der Waals surface area contributed by atoms with E-state index in [2.05, 4.69) is 6.07 Å². The summed E-state index contributed by atoms with van der Waals surface area (Å²) in [5.41, 5.74) is 2.95. The average molecular weight is 203 g/mol. The number of carboxylic acids is 1. The second-order valence-electron chi connectivity index (χ2n) is 3.43. The van der Waals surface area contributed by atoms with Gasteiger partial charge in [0.25, 0.3) is 0 Å². The van der Waals surface area contributed by atoms with Crippen molar-refractivity contribution < 1.29 is 9.90 Å². The number of carbonyl (C=O) groups is 1. The fourth-order valence-electron chi connectivity index (χ4n) is 1.61. The Labute approximate surface area is 89.0 Å². The Bertz CT molecular complexity index is 430. The van der Waals surface area contributed by atoms with E-state index in [9.17, 15) is 4.79 Å². The summed E-state index contributed by atoms with van der Waals surface area (Å²) in [5, 5.41) is 17.8. The van der Waals surface area contributed by atoms with Gasteiger partial charge in [-0.05, 0) is 30.0 Å². The van der Waals surface area contributed by atoms with Crippen LogP contribution in [0.3, 0.4) is 0 Å². The number of benzene rings is 1. The third-order valence-electron chi connectivity index (χ3n) is 2.45. The SMILES string of the molecule is CCc1ccc(C)c(CC(=O)O)c1C#N. The molecule has 0 aliphatic carbocycles. The molecule has 0 spiro atoms. The van der Waals surface area contributed by atoms with E-state index >= 15 is 0 Å². The molecule has 1 aromatic rings. The maximum absolute atomic E-state index is 10.7. The highest BCUT2D eigenvalue weighted by Gasteiger charge is 2.12. The molecule has 0 saturated carbocycles. The molecule has 15 heavy (non-hydrogen) atoms. The monoisotopic (exact) mass is 203 g/mol. The minimum atomic E-state index is -0.900. The zero-order chi connectivity index (χ0) is 11.4. The molecule has 1 N–H and O–H groups in total. The lowest BCUT2D eigenvalue weighted by Crippen LogP contribution is -2.06. The smallest absolute Gasteiger partial charge is 0.307 e. The molecule has 0 aromatic heterocycles. The van der Waals surface area contributed by atoms with Gasteiger partial charge in [-0.25, -0.2) is 0 Å². The molecule has 0 fully saturated rings. The van der Waals surface area contributed by atoms with Gasteiger partial charge in [0.1, 0.15) is 0 Å². The first-order chi connectivity index (χ1) is 7.10. The first-order valence-corrected chi connectivity index (χ1v) is 4.83. The average Bonchev–Trinajstić information content (AvgIpc) is 2.20. The van der Waals surface area contributed by atoms with E-state index < -0.39 is 5.97 Å². The summed E-state index contributed by atoms with van der Waals surface area (Å²) in [4.78, 5) is 10.7. The highest BCUT2D eigenvalue weighted by atomic mass is 16.4. The molecule has 3 nitrogen and oxygen atoms in total. The van der Waals surface area contributed by atoms with Crippen LogP contribution in [-0.2, 0) is 17.6 Å². The quantitative estimate of drug-likeness (QED) is 0.817. The van der Waals surface area contributed by atoms with Crippen LogP contribution >= 0.6 is 0 Å². The highest BCUT2D eigenvalue weighted by molar-refractivity contribution is 5.72. The molecule has 1 aromatic carbocycles. The third kappa shape index (κ3) is 2.35. The number of hydrogen-bond acceptors (Lipinski definition) is 2. The minimum absolute atomic E-state index is 0.0808. The molecule has 0 radical (unpaired) electrons. The third-order valence-corrected chi connectivity index (χ3v) is 2.45. The highest BCUT2D eigenvalue weighted by Crippen LogP contribution is 2.19. The molecule has 0 heterocycles. The van der Waals surface area contributed by atoms with Crippen LogP contribution in [0.5, 0.6) is 0 Å². The van der Waals surface area contributed by atoms with Crippen molar-refractivity contribution in [3.63, 3.8) is 0 Å². The summed E-state index contributed by atoms with van der Waals surface area (Å²) in [6, 6.07) is 5.86. The fraction of sp³-hybridized carbons (Fsp3) is 0.333. The van der Waals surface area contributed by atoms with Crippen LogP contribution in [0.1, 0.15) is 29.2 Å². The Morgan fingerprint density at radius 3 is 2.67 bits per heavy atom. The number of rotatable bonds is 3. The first-order valence-electron chi connectivity index (χ1n) is 4.83. The van der Waals surface area contributed by atoms with Crippen molar-refractivity contribution >= 4 is 5.97 Å². The lowest BCUT2D eigenvalue weighted by molar-refractivity contribution is -0.136. The number of nitriles is 1. The van der Waals surface area contributed by atoms with Gasteiger partial charge in [-0.2, -0.15) is 5.26 Å². The van der Waals surface area contributed by atoms with E-state index in [-0.39, 0.29) is 6.42 Å². The summed E-state index contributed by atoms with van der Waals surface area (Å²) in [7, 11) is 0. The first kappa shape index (κ1) is 11.3. The summed E-state index contributed by atoms with van der Waals surface area (Å²) in [6.07, 6.45) is 0.665. The zero-order valence-electron chi connectivity index (χ0n) is 8.87. The number of nitrogens with zero attached hydrogens (tertiary/aromatic N) is 1. The van der Waals surface area contributed by atoms with Gasteiger partial charge in [0, 0.05) is 0 Å². The van der Waals surface area contributed by atoms with Gasteiger partial charge < -0.3 is 5.11 Å². The van der Waals surface area contributed by atoms with Gasteiger partial charge in [-0.3, -0.25) is 4.79 Å². The molecule has 3 heteroatoms. The van der Waals surface area contributed by atoms with Gasteiger partial charge in [0.05, 0.1) is 18.1 Å². The minimum Gasteiger partial charge on any atom is -0.481 e. The van der Waals surface area contributed by atoms with E-state index in [4.69, 9.17) is 10.4 Å². The van der Waals surface area contributed by atoms with Crippen LogP contribution < -0.4 is 0 Å². The molecule has 0 atom stereocenters. The molecule has 0 amide bonds. The van der Waals surface area contributed by atoms with Crippen LogP contribution in [0.25, 0.3) is 0 Å². The Kier molecular flexibility index (Phi) is 3.46. The number of carboxylic acid groups (broad SMARTS) is 1. The lowest BCUT2D eigenvalue weighted by Gasteiger charge is -2.09. The topological polar surface area (TPSA) is 61.1 Å². The predicted octanol–water partition coefficient (Wildman–Crippen LogP) is 2.06. The standard InChI is InChI=1S/C12H13NO2/c1-3-9-5-4-8(2)10(6-12(14)15)11(9)7-13/h4-5H,3,6H2,1-2H3,(H,14,15). The van der Waals surface area contributed by atoms with Crippen LogP contribution in [0.4, 0.5) is 0 Å². The summed E-state index contributed by atoms with van der Waals surface area (Å²) in [6.45, 7) is 3.79. The van der Waals surface area contributed by atoms with Crippen molar-refractivity contribution in [3.05, 3.63) is 34.4 Å². The zero-order valence-corrected chi connectivity index (χ0v) is 8.87. The van der Waals surface area contributed by atoms with Gasteiger partial charge in [0.15, 0.2) is 0 Å². The van der Waals surface area contributed by atoms with Crippen LogP contribution in [0.15, 0.2) is 12.1 Å². The van der Waals surface area contributed by atoms with Crippen molar-refractivity contribution in [3.8, 4) is 6.07 Å². The molecular weight excluding hydrogens is 190 g/mol. The van der Waals surface area contributed by atoms with Crippen LogP contribution in [-0.4, -0.2) is 11.1 Å². The lowest BCUT2D eigenvalue weighted by atomic mass is 9.94. The second kappa shape index (κ2) is 4.61. The van der Waals surface area contributed by atoms with Gasteiger partial charge in [-0.1, -0.05) is 19.1 Å². The van der Waals surface area contributed by atoms with Crippen molar-refractivity contribution in [2.45, 2.75) is 26.7 Å². The van der Waals surface area contributed by atoms with Crippen molar-refractivity contribution in [2.24, 2.45) is 0 Å². The van der Waals surface area contributed by atoms with Gasteiger partial charge >= 0.3 is 5.97 Å². The predicted molar refractivity (Wildman–Crippen MR) is 56.6 cm³/mol. The summed E-state index contributed by atoms with van der Waals surface area (Å²) in [5.74, 6) is -0.900. The number of aryl methyl sites for hydroxylation is 2. The molecule has 0 bridgehead atoms. The van der Waals surface area contributed by atoms with Crippen molar-refractivity contribution in [1.29, 1.82) is 5.26 Å². The molecular formula is C12H13NO2. The van der Waals surface area contributed by atoms with Gasteiger partial charge in [-0.15, -0.1) is 0 Å². The summed E-state index contributed by atoms with van der Waals surface area (Å²) >= 11 is 0. The number of hydrogen-bond donors (Lipinski definition) is 1. The normalized spacial score (nSPS) is 9.67. The van der Waals surface area contributed by atoms with E-state index in [1.165, 1.54) is 0 Å². The fourth-order valence-corrected chi connectivity index (χ4v) is 1.61. The molecule has 0 aliphatic rings. The molecule has 0 aliphatic heterocycles. The van der Waals surface area contributed by atoms with Crippen LogP contribution in [0.2, 0.25) is 0 Å². The maximum Gasteiger partial charge on any atom is 0.307 e. The Balaban J connectivity index is 3.33. The second-order valence-corrected chi connectivity index (χ2v) is 3.43. The summed E-state index contributed by atoms with van der Waals surface area (Å²) < 4.78 is 0. The molecule has 78 valence electrons. The van der Waals surface area contributed by atoms with E-state index in [1.54, 1.807) is 0 Å². The van der Waals surface area contributed by atoms with E-state index in [0.717, 1.165) is 17.5 Å². The van der Waals surface area contributed by atoms with E-state index in [0.29, 0.717) is 11.1 Å². The van der Waals surface area contributed by atoms with Crippen LogP contribution in [0, 0.1) is 18.3 Å². The maximum atomic E-state index is 10.7. The Hall–Kier alpha value is -1.82. The molecule has 0 saturated heterocycles. The Morgan fingerprint density at radius 2 is 2.20 bits per heavy atom. The van der Waals surface area contributed by atoms with Gasteiger partial charge in [0.2, 0.25) is 0 Å². The van der Waals surface area contributed by atoms with E-state index in [1.807, 2.05) is 26.0 Å². The number of aliphatic carboxylic acids is 1.